The van der Waals surface area contributed by atoms with Crippen molar-refractivity contribution in [2.75, 3.05) is 20.3 Å². The van der Waals surface area contributed by atoms with Crippen molar-refractivity contribution in [3.05, 3.63) is 59.7 Å². The first kappa shape index (κ1) is 20.2. The van der Waals surface area contributed by atoms with E-state index in [0.717, 1.165) is 24.1 Å². The highest BCUT2D eigenvalue weighted by atomic mass is 16.6. The Morgan fingerprint density at radius 3 is 2.79 bits per heavy atom. The molecule has 2 N–H and O–H groups in total. The zero-order valence-electron chi connectivity index (χ0n) is 16.3. The van der Waals surface area contributed by atoms with Gasteiger partial charge in [0.2, 0.25) is 6.10 Å². The van der Waals surface area contributed by atoms with Crippen LogP contribution in [0.1, 0.15) is 30.6 Å². The van der Waals surface area contributed by atoms with E-state index in [9.17, 15) is 9.90 Å². The van der Waals surface area contributed by atoms with Gasteiger partial charge in [0.15, 0.2) is 11.5 Å². The lowest BCUT2D eigenvalue weighted by molar-refractivity contribution is -0.151. The van der Waals surface area contributed by atoms with Crippen molar-refractivity contribution in [2.45, 2.75) is 38.0 Å². The number of methoxy groups -OCH3 is 1. The van der Waals surface area contributed by atoms with Gasteiger partial charge in [0.25, 0.3) is 0 Å². The maximum absolute atomic E-state index is 11.6. The molecule has 0 spiro atoms. The first-order valence-corrected chi connectivity index (χ1v) is 9.53. The van der Waals surface area contributed by atoms with E-state index in [0.29, 0.717) is 17.9 Å². The lowest BCUT2D eigenvalue weighted by Gasteiger charge is -2.25. The minimum Gasteiger partial charge on any atom is -0.485 e. The van der Waals surface area contributed by atoms with E-state index >= 15 is 0 Å². The van der Waals surface area contributed by atoms with E-state index in [1.54, 1.807) is 0 Å². The van der Waals surface area contributed by atoms with Crippen molar-refractivity contribution < 1.29 is 24.1 Å². The zero-order valence-corrected chi connectivity index (χ0v) is 16.3. The van der Waals surface area contributed by atoms with Crippen LogP contribution in [0.3, 0.4) is 0 Å². The Morgan fingerprint density at radius 1 is 1.25 bits per heavy atom. The van der Waals surface area contributed by atoms with E-state index in [1.807, 2.05) is 48.5 Å². The molecule has 3 unspecified atom stereocenters. The number of carbonyl (C=O) groups excluding carboxylic acids is 1. The van der Waals surface area contributed by atoms with Crippen molar-refractivity contribution in [3.8, 4) is 11.5 Å². The highest BCUT2D eigenvalue weighted by molar-refractivity contribution is 5.75. The predicted molar refractivity (Wildman–Crippen MR) is 106 cm³/mol. The van der Waals surface area contributed by atoms with Crippen LogP contribution in [-0.4, -0.2) is 43.5 Å². The summed E-state index contributed by atoms with van der Waals surface area (Å²) in [5, 5.41) is 13.7. The monoisotopic (exact) mass is 385 g/mol. The standard InChI is InChI=1S/C22H27NO5/c1-15(23-11-10-18(24)17-6-4-3-5-7-17)12-16-8-9-19-20(13-16)27-14-21(28-19)22(25)26-2/h3-9,13,15,18,21,23-24H,10-12,14H2,1-2H3. The largest absolute Gasteiger partial charge is 0.485 e. The SMILES string of the molecule is COC(=O)C1COc2cc(CC(C)NCCC(O)c3ccccc3)ccc2O1. The Hall–Kier alpha value is -2.57. The smallest absolute Gasteiger partial charge is 0.350 e. The number of benzene rings is 2. The summed E-state index contributed by atoms with van der Waals surface area (Å²) >= 11 is 0. The van der Waals surface area contributed by atoms with Crippen LogP contribution in [0, 0.1) is 0 Å². The summed E-state index contributed by atoms with van der Waals surface area (Å²) in [6, 6.07) is 15.7. The third-order valence-corrected chi connectivity index (χ3v) is 4.77. The number of esters is 1. The number of hydrogen-bond acceptors (Lipinski definition) is 6. The van der Waals surface area contributed by atoms with Crippen molar-refractivity contribution >= 4 is 5.97 Å². The minimum absolute atomic E-state index is 0.147. The third kappa shape index (κ3) is 5.24. The lowest BCUT2D eigenvalue weighted by Crippen LogP contribution is -2.37. The molecule has 0 fully saturated rings. The fraction of sp³-hybridized carbons (Fsp3) is 0.409. The maximum atomic E-state index is 11.6. The van der Waals surface area contributed by atoms with Crippen LogP contribution >= 0.6 is 0 Å². The summed E-state index contributed by atoms with van der Waals surface area (Å²) in [5.74, 6) is 0.756. The molecule has 6 nitrogen and oxygen atoms in total. The molecule has 150 valence electrons. The van der Waals surface area contributed by atoms with E-state index in [2.05, 4.69) is 12.2 Å². The lowest BCUT2D eigenvalue weighted by atomic mass is 10.0. The normalized spacial score (nSPS) is 17.6. The molecule has 0 bridgehead atoms. The quantitative estimate of drug-likeness (QED) is 0.681. The molecule has 0 aliphatic carbocycles. The topological polar surface area (TPSA) is 77.0 Å². The van der Waals surface area contributed by atoms with Gasteiger partial charge in [-0.2, -0.15) is 0 Å². The molecule has 2 aromatic rings. The van der Waals surface area contributed by atoms with Gasteiger partial charge in [0.1, 0.15) is 6.61 Å². The number of aliphatic hydroxyl groups is 1. The Labute approximate surface area is 165 Å². The molecule has 3 rings (SSSR count). The molecule has 6 heteroatoms. The van der Waals surface area contributed by atoms with Gasteiger partial charge in [0.05, 0.1) is 13.2 Å². The minimum atomic E-state index is -0.722. The summed E-state index contributed by atoms with van der Waals surface area (Å²) < 4.78 is 16.0. The second-order valence-corrected chi connectivity index (χ2v) is 7.00. The third-order valence-electron chi connectivity index (χ3n) is 4.77. The van der Waals surface area contributed by atoms with E-state index in [-0.39, 0.29) is 12.6 Å². The highest BCUT2D eigenvalue weighted by Gasteiger charge is 2.28. The second kappa shape index (κ2) is 9.57. The molecule has 0 saturated heterocycles. The molecule has 28 heavy (non-hydrogen) atoms. The number of rotatable bonds is 8. The molecule has 1 heterocycles. The zero-order chi connectivity index (χ0) is 19.9. The van der Waals surface area contributed by atoms with Crippen LogP contribution in [0.2, 0.25) is 0 Å². The molecule has 1 aliphatic rings. The Morgan fingerprint density at radius 2 is 2.04 bits per heavy atom. The molecule has 0 aromatic heterocycles. The number of hydrogen-bond donors (Lipinski definition) is 2. The summed E-state index contributed by atoms with van der Waals surface area (Å²) in [6.45, 7) is 2.98. The number of carbonyl (C=O) groups is 1. The van der Waals surface area contributed by atoms with Crippen LogP contribution in [0.5, 0.6) is 11.5 Å². The van der Waals surface area contributed by atoms with Crippen molar-refractivity contribution in [3.63, 3.8) is 0 Å². The molecule has 0 amide bonds. The Balaban J connectivity index is 1.47. The van der Waals surface area contributed by atoms with E-state index in [1.165, 1.54) is 7.11 Å². The Kier molecular flexibility index (Phi) is 6.90. The van der Waals surface area contributed by atoms with E-state index < -0.39 is 18.2 Å². The van der Waals surface area contributed by atoms with Crippen LogP contribution in [0.25, 0.3) is 0 Å². The van der Waals surface area contributed by atoms with Crippen LogP contribution < -0.4 is 14.8 Å². The van der Waals surface area contributed by atoms with Gasteiger partial charge in [-0.25, -0.2) is 4.79 Å². The van der Waals surface area contributed by atoms with E-state index in [4.69, 9.17) is 14.2 Å². The van der Waals surface area contributed by atoms with Crippen molar-refractivity contribution in [1.29, 1.82) is 0 Å². The second-order valence-electron chi connectivity index (χ2n) is 7.00. The van der Waals surface area contributed by atoms with Gasteiger partial charge in [-0.05, 0) is 49.6 Å². The molecule has 1 aliphatic heterocycles. The number of aliphatic hydroxyl groups excluding tert-OH is 1. The van der Waals surface area contributed by atoms with Gasteiger partial charge in [0, 0.05) is 6.04 Å². The van der Waals surface area contributed by atoms with Gasteiger partial charge >= 0.3 is 5.97 Å². The first-order chi connectivity index (χ1) is 13.6. The van der Waals surface area contributed by atoms with Gasteiger partial charge < -0.3 is 24.6 Å². The molecular weight excluding hydrogens is 358 g/mol. The molecule has 0 saturated carbocycles. The highest BCUT2D eigenvalue weighted by Crippen LogP contribution is 2.33. The number of fused-ring (bicyclic) bond motifs is 1. The number of nitrogens with one attached hydrogen (secondary N) is 1. The van der Waals surface area contributed by atoms with Crippen LogP contribution in [0.15, 0.2) is 48.5 Å². The predicted octanol–water partition coefficient (Wildman–Crippen LogP) is 2.64. The molecular formula is C22H27NO5. The van der Waals surface area contributed by atoms with Gasteiger partial charge in [-0.1, -0.05) is 36.4 Å². The fourth-order valence-electron chi connectivity index (χ4n) is 3.22. The number of ether oxygens (including phenoxy) is 3. The first-order valence-electron chi connectivity index (χ1n) is 9.53. The van der Waals surface area contributed by atoms with Crippen molar-refractivity contribution in [2.24, 2.45) is 0 Å². The van der Waals surface area contributed by atoms with Gasteiger partial charge in [-0.15, -0.1) is 0 Å². The van der Waals surface area contributed by atoms with Crippen molar-refractivity contribution in [1.82, 2.24) is 5.32 Å². The summed E-state index contributed by atoms with van der Waals surface area (Å²) in [4.78, 5) is 11.6. The van der Waals surface area contributed by atoms with Gasteiger partial charge in [-0.3, -0.25) is 0 Å². The summed E-state index contributed by atoms with van der Waals surface area (Å²) in [7, 11) is 1.33. The van der Waals surface area contributed by atoms with Crippen LogP contribution in [-0.2, 0) is 16.0 Å². The molecule has 3 atom stereocenters. The summed E-state index contributed by atoms with van der Waals surface area (Å²) in [6.07, 6.45) is 0.293. The fourth-order valence-corrected chi connectivity index (χ4v) is 3.22. The molecule has 0 radical (unpaired) electrons. The average molecular weight is 385 g/mol. The summed E-state index contributed by atoms with van der Waals surface area (Å²) in [5.41, 5.74) is 2.05. The van der Waals surface area contributed by atoms with Crippen LogP contribution in [0.4, 0.5) is 0 Å². The Bertz CT molecular complexity index is 780. The maximum Gasteiger partial charge on any atom is 0.350 e. The molecule has 2 aromatic carbocycles. The average Bonchev–Trinajstić information content (AvgIpc) is 2.73.